The summed E-state index contributed by atoms with van der Waals surface area (Å²) in [6.45, 7) is 2.27. The van der Waals surface area contributed by atoms with Gasteiger partial charge in [-0.1, -0.05) is 6.07 Å². The zero-order chi connectivity index (χ0) is 15.5. The van der Waals surface area contributed by atoms with Crippen LogP contribution in [0.4, 0.5) is 13.2 Å². The highest BCUT2D eigenvalue weighted by molar-refractivity contribution is 6.28. The van der Waals surface area contributed by atoms with Crippen molar-refractivity contribution in [2.45, 2.75) is 13.1 Å². The van der Waals surface area contributed by atoms with Crippen LogP contribution in [0.2, 0.25) is 5.28 Å². The van der Waals surface area contributed by atoms with E-state index in [1.54, 1.807) is 18.2 Å². The minimum absolute atomic E-state index is 0.281. The van der Waals surface area contributed by atoms with E-state index in [-0.39, 0.29) is 11.6 Å². The van der Waals surface area contributed by atoms with Gasteiger partial charge in [0.05, 0.1) is 6.61 Å². The molecule has 0 aliphatic carbocycles. The number of alkyl halides is 3. The SMILES string of the molecule is CCOc1cccc(Oc2cc(C(F)(F)F)nc(Cl)n2)c1. The van der Waals surface area contributed by atoms with Crippen LogP contribution < -0.4 is 9.47 Å². The van der Waals surface area contributed by atoms with Gasteiger partial charge in [0.2, 0.25) is 11.2 Å². The van der Waals surface area contributed by atoms with E-state index in [2.05, 4.69) is 9.97 Å². The van der Waals surface area contributed by atoms with Crippen molar-refractivity contribution in [3.05, 3.63) is 41.3 Å². The Morgan fingerprint density at radius 3 is 2.52 bits per heavy atom. The third kappa shape index (κ3) is 4.22. The van der Waals surface area contributed by atoms with Gasteiger partial charge in [0.15, 0.2) is 5.69 Å². The lowest BCUT2D eigenvalue weighted by molar-refractivity contribution is -0.141. The van der Waals surface area contributed by atoms with Crippen LogP contribution >= 0.6 is 11.6 Å². The van der Waals surface area contributed by atoms with E-state index in [0.29, 0.717) is 18.4 Å². The number of benzene rings is 1. The molecule has 0 atom stereocenters. The fourth-order valence-corrected chi connectivity index (χ4v) is 1.68. The van der Waals surface area contributed by atoms with Gasteiger partial charge in [0.25, 0.3) is 0 Å². The highest BCUT2D eigenvalue weighted by atomic mass is 35.5. The second-order valence-corrected chi connectivity index (χ2v) is 4.21. The zero-order valence-electron chi connectivity index (χ0n) is 10.8. The zero-order valence-corrected chi connectivity index (χ0v) is 11.6. The maximum atomic E-state index is 12.6. The van der Waals surface area contributed by atoms with Gasteiger partial charge in [-0.15, -0.1) is 0 Å². The molecular weight excluding hydrogens is 309 g/mol. The average molecular weight is 319 g/mol. The molecule has 0 saturated heterocycles. The van der Waals surface area contributed by atoms with Crippen molar-refractivity contribution in [2.75, 3.05) is 6.61 Å². The lowest BCUT2D eigenvalue weighted by Crippen LogP contribution is -2.09. The molecule has 8 heteroatoms. The van der Waals surface area contributed by atoms with E-state index in [1.165, 1.54) is 6.07 Å². The minimum Gasteiger partial charge on any atom is -0.494 e. The van der Waals surface area contributed by atoms with Crippen LogP contribution in [0.3, 0.4) is 0 Å². The number of ether oxygens (including phenoxy) is 2. The number of hydrogen-bond acceptors (Lipinski definition) is 4. The van der Waals surface area contributed by atoms with Crippen LogP contribution in [-0.2, 0) is 6.18 Å². The standard InChI is InChI=1S/C13H10ClF3N2O2/c1-2-20-8-4-3-5-9(6-8)21-11-7-10(13(15,16)17)18-12(14)19-11/h3-7H,2H2,1H3. The summed E-state index contributed by atoms with van der Waals surface area (Å²) >= 11 is 5.48. The largest absolute Gasteiger partial charge is 0.494 e. The summed E-state index contributed by atoms with van der Waals surface area (Å²) in [4.78, 5) is 6.73. The molecule has 0 spiro atoms. The van der Waals surface area contributed by atoms with E-state index in [0.717, 1.165) is 0 Å². The third-order valence-corrected chi connectivity index (χ3v) is 2.47. The van der Waals surface area contributed by atoms with Crippen LogP contribution in [0.15, 0.2) is 30.3 Å². The lowest BCUT2D eigenvalue weighted by atomic mass is 10.3. The maximum Gasteiger partial charge on any atom is 0.433 e. The van der Waals surface area contributed by atoms with Gasteiger partial charge in [0.1, 0.15) is 11.5 Å². The maximum absolute atomic E-state index is 12.6. The molecule has 0 radical (unpaired) electrons. The predicted octanol–water partition coefficient (Wildman–Crippen LogP) is 4.34. The van der Waals surface area contributed by atoms with Crippen molar-refractivity contribution in [1.82, 2.24) is 9.97 Å². The fraction of sp³-hybridized carbons (Fsp3) is 0.231. The van der Waals surface area contributed by atoms with Gasteiger partial charge in [-0.2, -0.15) is 18.2 Å². The molecule has 4 nitrogen and oxygen atoms in total. The molecule has 0 amide bonds. The Morgan fingerprint density at radius 1 is 1.14 bits per heavy atom. The Hall–Kier alpha value is -2.02. The third-order valence-electron chi connectivity index (χ3n) is 2.30. The van der Waals surface area contributed by atoms with Gasteiger partial charge < -0.3 is 9.47 Å². The van der Waals surface area contributed by atoms with Crippen LogP contribution in [0.25, 0.3) is 0 Å². The van der Waals surface area contributed by atoms with Crippen molar-refractivity contribution in [3.63, 3.8) is 0 Å². The molecule has 2 aromatic rings. The molecule has 0 fully saturated rings. The molecule has 1 aromatic carbocycles. The van der Waals surface area contributed by atoms with Gasteiger partial charge >= 0.3 is 6.18 Å². The van der Waals surface area contributed by atoms with E-state index in [1.807, 2.05) is 6.92 Å². The van der Waals surface area contributed by atoms with Crippen molar-refractivity contribution < 1.29 is 22.6 Å². The van der Waals surface area contributed by atoms with E-state index < -0.39 is 17.2 Å². The molecule has 21 heavy (non-hydrogen) atoms. The molecule has 0 aliphatic heterocycles. The summed E-state index contributed by atoms with van der Waals surface area (Å²) in [5, 5.41) is -0.541. The van der Waals surface area contributed by atoms with Crippen molar-refractivity contribution in [3.8, 4) is 17.4 Å². The number of rotatable bonds is 4. The van der Waals surface area contributed by atoms with Crippen LogP contribution in [-0.4, -0.2) is 16.6 Å². The summed E-state index contributed by atoms with van der Waals surface area (Å²) in [6.07, 6.45) is -4.63. The minimum atomic E-state index is -4.63. The monoisotopic (exact) mass is 318 g/mol. The van der Waals surface area contributed by atoms with Gasteiger partial charge in [-0.25, -0.2) is 4.98 Å². The van der Waals surface area contributed by atoms with Crippen LogP contribution in [0.1, 0.15) is 12.6 Å². The molecule has 0 bridgehead atoms. The molecule has 0 N–H and O–H groups in total. The molecule has 0 unspecified atom stereocenters. The molecule has 1 aromatic heterocycles. The Bertz CT molecular complexity index is 635. The lowest BCUT2D eigenvalue weighted by Gasteiger charge is -2.10. The summed E-state index contributed by atoms with van der Waals surface area (Å²) < 4.78 is 48.4. The summed E-state index contributed by atoms with van der Waals surface area (Å²) in [5.41, 5.74) is -1.17. The Morgan fingerprint density at radius 2 is 1.86 bits per heavy atom. The Labute approximate surface area is 123 Å². The number of nitrogens with zero attached hydrogens (tertiary/aromatic N) is 2. The number of hydrogen-bond donors (Lipinski definition) is 0. The quantitative estimate of drug-likeness (QED) is 0.787. The van der Waals surface area contributed by atoms with Crippen molar-refractivity contribution >= 4 is 11.6 Å². The second-order valence-electron chi connectivity index (χ2n) is 3.87. The number of aromatic nitrogens is 2. The first-order chi connectivity index (χ1) is 9.88. The van der Waals surface area contributed by atoms with Gasteiger partial charge in [0, 0.05) is 12.1 Å². The summed E-state index contributed by atoms with van der Waals surface area (Å²) in [7, 11) is 0. The topological polar surface area (TPSA) is 44.2 Å². The van der Waals surface area contributed by atoms with E-state index in [9.17, 15) is 13.2 Å². The summed E-state index contributed by atoms with van der Waals surface area (Å²) in [5.74, 6) is 0.519. The van der Waals surface area contributed by atoms with Crippen LogP contribution in [0.5, 0.6) is 17.4 Å². The Kier molecular flexibility index (Phi) is 4.52. The Balaban J connectivity index is 2.27. The first-order valence-electron chi connectivity index (χ1n) is 5.91. The molecule has 0 aliphatic rings. The summed E-state index contributed by atoms with van der Waals surface area (Å²) in [6, 6.07) is 7.12. The highest BCUT2D eigenvalue weighted by Crippen LogP contribution is 2.32. The predicted molar refractivity (Wildman–Crippen MR) is 69.7 cm³/mol. The normalized spacial score (nSPS) is 11.3. The second kappa shape index (κ2) is 6.17. The molecular formula is C13H10ClF3N2O2. The van der Waals surface area contributed by atoms with Gasteiger partial charge in [-0.3, -0.25) is 0 Å². The van der Waals surface area contributed by atoms with E-state index >= 15 is 0 Å². The first kappa shape index (κ1) is 15.4. The van der Waals surface area contributed by atoms with E-state index in [4.69, 9.17) is 21.1 Å². The van der Waals surface area contributed by atoms with Crippen molar-refractivity contribution in [2.24, 2.45) is 0 Å². The molecule has 0 saturated carbocycles. The number of halogens is 4. The van der Waals surface area contributed by atoms with Crippen molar-refractivity contribution in [1.29, 1.82) is 0 Å². The fourth-order valence-electron chi connectivity index (χ4n) is 1.51. The molecule has 2 rings (SSSR count). The highest BCUT2D eigenvalue weighted by Gasteiger charge is 2.34. The first-order valence-corrected chi connectivity index (χ1v) is 6.29. The molecule has 1 heterocycles. The molecule has 112 valence electrons. The average Bonchev–Trinajstić information content (AvgIpc) is 2.38. The smallest absolute Gasteiger partial charge is 0.433 e. The van der Waals surface area contributed by atoms with Crippen LogP contribution in [0, 0.1) is 0 Å². The van der Waals surface area contributed by atoms with Gasteiger partial charge in [-0.05, 0) is 30.7 Å².